The number of fused-ring (bicyclic) bond motifs is 1. The average molecular weight is 605 g/mol. The first-order chi connectivity index (χ1) is 19.4. The zero-order valence-electron chi connectivity index (χ0n) is 20.8. The fraction of sp³-hybridized carbons (Fsp3) is 0.333. The lowest BCUT2D eigenvalue weighted by atomic mass is 10.0. The number of hydrogen-bond donors (Lipinski definition) is 4. The Kier molecular flexibility index (Phi) is 8.21. The van der Waals surface area contributed by atoms with E-state index in [1.54, 1.807) is 6.92 Å². The van der Waals surface area contributed by atoms with Crippen molar-refractivity contribution in [3.8, 4) is 0 Å². The molecule has 3 aromatic heterocycles. The molecule has 5 heterocycles. The van der Waals surface area contributed by atoms with Crippen molar-refractivity contribution in [2.45, 2.75) is 35.8 Å². The highest BCUT2D eigenvalue weighted by atomic mass is 32.2. The van der Waals surface area contributed by atoms with E-state index in [-0.39, 0.29) is 35.5 Å². The predicted molar refractivity (Wildman–Crippen MR) is 143 cm³/mol. The Labute approximate surface area is 238 Å². The molecule has 0 aromatic carbocycles. The number of hydrogen-bond acceptors (Lipinski definition) is 14. The molecule has 5 N–H and O–H groups in total. The molecule has 40 heavy (non-hydrogen) atoms. The number of carbonyl (C=O) groups is 3. The van der Waals surface area contributed by atoms with Crippen molar-refractivity contribution in [1.29, 1.82) is 0 Å². The first kappa shape index (κ1) is 27.5. The number of aromatic amines is 1. The van der Waals surface area contributed by atoms with Gasteiger partial charge in [0.1, 0.15) is 23.7 Å². The first-order valence-corrected chi connectivity index (χ1v) is 14.5. The molecular weight excluding hydrogens is 583 g/mol. The molecule has 3 aromatic rings. The Hall–Kier alpha value is -4.10. The Bertz CT molecular complexity index is 1480. The van der Waals surface area contributed by atoms with E-state index in [1.807, 2.05) is 29.1 Å². The number of pyridine rings is 1. The molecule has 0 radical (unpaired) electrons. The van der Waals surface area contributed by atoms with Crippen LogP contribution >= 0.6 is 35.1 Å². The minimum atomic E-state index is -1.21. The van der Waals surface area contributed by atoms with Crippen molar-refractivity contribution in [1.82, 2.24) is 40.2 Å². The van der Waals surface area contributed by atoms with Crippen LogP contribution in [-0.4, -0.2) is 87.3 Å². The normalized spacial score (nSPS) is 18.8. The number of carbonyl (C=O) groups excluding carboxylic acids is 2. The van der Waals surface area contributed by atoms with Crippen LogP contribution in [0.25, 0.3) is 0 Å². The van der Waals surface area contributed by atoms with Crippen LogP contribution in [0.3, 0.4) is 0 Å². The lowest BCUT2D eigenvalue weighted by Crippen LogP contribution is -2.71. The van der Waals surface area contributed by atoms with Gasteiger partial charge >= 0.3 is 5.97 Å². The number of aromatic nitrogens is 7. The van der Waals surface area contributed by atoms with Crippen LogP contribution in [0.15, 0.2) is 46.1 Å². The number of thioether (sulfide) groups is 2. The SMILES string of the molecule is CCON=C(C(=O)NC1C(=O)N2C(C(=O)O)=C(C[n+]3ccc(CSc4nn[nH]n4)cc3)CS[C@@H]12)c1nsc(N)n1. The molecule has 0 spiro atoms. The van der Waals surface area contributed by atoms with Crippen molar-refractivity contribution in [2.24, 2.45) is 5.16 Å². The molecule has 2 amide bonds. The Morgan fingerprint density at radius 1 is 1.40 bits per heavy atom. The second-order valence-electron chi connectivity index (χ2n) is 8.29. The third-order valence-electron chi connectivity index (χ3n) is 5.72. The smallest absolute Gasteiger partial charge is 0.352 e. The number of carboxylic acids is 1. The molecule has 5 rings (SSSR count). The van der Waals surface area contributed by atoms with Gasteiger partial charge in [-0.2, -0.15) is 14.6 Å². The van der Waals surface area contributed by atoms with Crippen molar-refractivity contribution in [3.05, 3.63) is 47.2 Å². The Morgan fingerprint density at radius 3 is 2.85 bits per heavy atom. The van der Waals surface area contributed by atoms with Gasteiger partial charge in [-0.1, -0.05) is 16.9 Å². The van der Waals surface area contributed by atoms with Gasteiger partial charge in [-0.3, -0.25) is 14.5 Å². The molecule has 1 saturated heterocycles. The summed E-state index contributed by atoms with van der Waals surface area (Å²) in [4.78, 5) is 48.5. The molecule has 1 unspecified atom stereocenters. The molecule has 0 saturated carbocycles. The lowest BCUT2D eigenvalue weighted by molar-refractivity contribution is -0.689. The maximum Gasteiger partial charge on any atom is 0.352 e. The van der Waals surface area contributed by atoms with Crippen LogP contribution in [0, 0.1) is 0 Å². The number of nitrogen functional groups attached to an aromatic ring is 1. The van der Waals surface area contributed by atoms with Gasteiger partial charge in [-0.15, -0.1) is 22.0 Å². The molecular formula is C21H22N11O5S3+. The maximum atomic E-state index is 13.1. The number of nitrogens with two attached hydrogens (primary N) is 1. The van der Waals surface area contributed by atoms with E-state index in [0.29, 0.717) is 22.2 Å². The van der Waals surface area contributed by atoms with Crippen LogP contribution in [0.5, 0.6) is 0 Å². The minimum Gasteiger partial charge on any atom is -0.477 e. The summed E-state index contributed by atoms with van der Waals surface area (Å²) < 4.78 is 5.83. The molecule has 2 aliphatic heterocycles. The number of H-pyrrole nitrogens is 1. The molecule has 2 aliphatic rings. The van der Waals surface area contributed by atoms with Crippen LogP contribution in [0.4, 0.5) is 5.13 Å². The summed E-state index contributed by atoms with van der Waals surface area (Å²) in [7, 11) is 0. The fourth-order valence-electron chi connectivity index (χ4n) is 3.93. The van der Waals surface area contributed by atoms with Crippen LogP contribution in [0.2, 0.25) is 0 Å². The summed E-state index contributed by atoms with van der Waals surface area (Å²) in [6.07, 6.45) is 3.68. The molecule has 0 bridgehead atoms. The molecule has 0 aliphatic carbocycles. The van der Waals surface area contributed by atoms with Gasteiger partial charge in [-0.25, -0.2) is 9.36 Å². The first-order valence-electron chi connectivity index (χ1n) is 11.7. The molecule has 208 valence electrons. The van der Waals surface area contributed by atoms with E-state index in [2.05, 4.69) is 40.5 Å². The van der Waals surface area contributed by atoms with Crippen molar-refractivity contribution < 1.29 is 28.9 Å². The van der Waals surface area contributed by atoms with Gasteiger partial charge in [0.05, 0.1) is 0 Å². The van der Waals surface area contributed by atoms with Gasteiger partial charge in [0, 0.05) is 40.7 Å². The van der Waals surface area contributed by atoms with E-state index in [1.165, 1.54) is 28.4 Å². The number of tetrazole rings is 1. The minimum absolute atomic E-state index is 0.0294. The largest absolute Gasteiger partial charge is 0.477 e. The summed E-state index contributed by atoms with van der Waals surface area (Å²) in [6.45, 7) is 2.16. The topological polar surface area (TPSA) is 218 Å². The van der Waals surface area contributed by atoms with E-state index < -0.39 is 29.2 Å². The van der Waals surface area contributed by atoms with Crippen LogP contribution in [-0.2, 0) is 31.5 Å². The third kappa shape index (κ3) is 5.75. The van der Waals surface area contributed by atoms with E-state index in [4.69, 9.17) is 10.6 Å². The van der Waals surface area contributed by atoms with E-state index in [9.17, 15) is 19.5 Å². The summed E-state index contributed by atoms with van der Waals surface area (Å²) in [5.74, 6) is -1.52. The number of anilines is 1. The Balaban J connectivity index is 1.27. The summed E-state index contributed by atoms with van der Waals surface area (Å²) in [6, 6.07) is 2.87. The highest BCUT2D eigenvalue weighted by Gasteiger charge is 2.54. The fourth-order valence-corrected chi connectivity index (χ4v) is 6.39. The zero-order valence-corrected chi connectivity index (χ0v) is 23.2. The Morgan fingerprint density at radius 2 is 2.20 bits per heavy atom. The number of nitrogens with zero attached hydrogens (tertiary/aromatic N) is 8. The summed E-state index contributed by atoms with van der Waals surface area (Å²) >= 11 is 3.68. The van der Waals surface area contributed by atoms with Gasteiger partial charge in [0.15, 0.2) is 24.1 Å². The second kappa shape index (κ2) is 12.0. The monoisotopic (exact) mass is 604 g/mol. The van der Waals surface area contributed by atoms with Gasteiger partial charge in [0.25, 0.3) is 11.8 Å². The van der Waals surface area contributed by atoms with Crippen LogP contribution in [0.1, 0.15) is 18.3 Å². The molecule has 2 atom stereocenters. The highest BCUT2D eigenvalue weighted by molar-refractivity contribution is 8.00. The quantitative estimate of drug-likeness (QED) is 0.0707. The summed E-state index contributed by atoms with van der Waals surface area (Å²) in [5, 5.41) is 30.2. The highest BCUT2D eigenvalue weighted by Crippen LogP contribution is 2.40. The number of β-lactam (4-membered cyclic amide) rings is 1. The lowest BCUT2D eigenvalue weighted by Gasteiger charge is -2.49. The van der Waals surface area contributed by atoms with E-state index in [0.717, 1.165) is 17.1 Å². The predicted octanol–water partition coefficient (Wildman–Crippen LogP) is -0.607. The molecule has 19 heteroatoms. The number of oxime groups is 1. The van der Waals surface area contributed by atoms with Crippen molar-refractivity contribution in [3.63, 3.8) is 0 Å². The van der Waals surface area contributed by atoms with Gasteiger partial charge < -0.3 is 21.0 Å². The second-order valence-corrected chi connectivity index (χ2v) is 11.1. The number of nitrogens with one attached hydrogen (secondary N) is 2. The average Bonchev–Trinajstić information content (AvgIpc) is 3.63. The maximum absolute atomic E-state index is 13.1. The standard InChI is InChI=1S/C21H21N11O5S3/c1-2-37-27-12(15-24-20(22)40-28-15)16(33)23-13-17(34)32-14(19(35)36)11(9-38-18(13)32)7-31-5-3-10(4-6-31)8-39-21-25-29-30-26-21/h3-6,13,18H,2,7-9H2,1H3,(H4-,22,23,24,25,26,28,29,30,33,35,36)/p+1/t13?,18-/m0/s1. The van der Waals surface area contributed by atoms with Crippen molar-refractivity contribution in [2.75, 3.05) is 18.1 Å². The van der Waals surface area contributed by atoms with Crippen molar-refractivity contribution >= 4 is 63.7 Å². The van der Waals surface area contributed by atoms with Gasteiger partial charge in [-0.05, 0) is 17.7 Å². The zero-order chi connectivity index (χ0) is 28.2. The summed E-state index contributed by atoms with van der Waals surface area (Å²) in [5.41, 5.74) is 6.91. The van der Waals surface area contributed by atoms with Crippen LogP contribution < -0.4 is 15.6 Å². The van der Waals surface area contributed by atoms with Gasteiger partial charge in [0.2, 0.25) is 16.7 Å². The van der Waals surface area contributed by atoms with E-state index >= 15 is 0 Å². The number of carboxylic acid groups (broad SMARTS) is 1. The molecule has 16 nitrogen and oxygen atoms in total. The molecule has 1 fully saturated rings. The third-order valence-corrected chi connectivity index (χ3v) is 8.51. The number of amides is 2. The number of rotatable bonds is 11. The number of aliphatic carboxylic acids is 1.